The lowest BCUT2D eigenvalue weighted by Gasteiger charge is -2.21. The van der Waals surface area contributed by atoms with Gasteiger partial charge in [-0.2, -0.15) is 0 Å². The molecule has 0 spiro atoms. The Morgan fingerprint density at radius 3 is 2.90 bits per heavy atom. The third-order valence-corrected chi connectivity index (χ3v) is 5.14. The molecule has 2 N–H and O–H groups in total. The van der Waals surface area contributed by atoms with E-state index in [1.807, 2.05) is 6.07 Å². The van der Waals surface area contributed by atoms with Crippen molar-refractivity contribution in [2.45, 2.75) is 44.4 Å². The normalized spacial score (nSPS) is 14.9. The Kier molecular flexibility index (Phi) is 5.05. The molecule has 1 aliphatic heterocycles. The highest BCUT2D eigenvalue weighted by molar-refractivity contribution is 7.89. The molecule has 112 valence electrons. The summed E-state index contributed by atoms with van der Waals surface area (Å²) in [5, 5.41) is 3.27. The van der Waals surface area contributed by atoms with Crippen molar-refractivity contribution in [1.29, 1.82) is 0 Å². The average Bonchev–Trinajstić information content (AvgIpc) is 2.43. The van der Waals surface area contributed by atoms with Crippen molar-refractivity contribution in [2.24, 2.45) is 5.92 Å². The monoisotopic (exact) mass is 296 g/mol. The Balaban J connectivity index is 2.09. The molecule has 1 heterocycles. The maximum absolute atomic E-state index is 12.4. The molecule has 0 unspecified atom stereocenters. The Morgan fingerprint density at radius 2 is 2.15 bits per heavy atom. The van der Waals surface area contributed by atoms with Gasteiger partial charge in [-0.25, -0.2) is 13.1 Å². The third-order valence-electron chi connectivity index (χ3n) is 3.59. The van der Waals surface area contributed by atoms with E-state index >= 15 is 0 Å². The molecule has 2 rings (SSSR count). The van der Waals surface area contributed by atoms with Crippen molar-refractivity contribution in [1.82, 2.24) is 4.72 Å². The number of anilines is 1. The SMILES string of the molecule is CC(C)CCCNS(=O)(=O)c1cccc2c1CCCN2. The fourth-order valence-electron chi connectivity index (χ4n) is 2.52. The van der Waals surface area contributed by atoms with Gasteiger partial charge in [0.05, 0.1) is 4.90 Å². The van der Waals surface area contributed by atoms with Crippen LogP contribution in [0.3, 0.4) is 0 Å². The summed E-state index contributed by atoms with van der Waals surface area (Å²) in [4.78, 5) is 0.437. The summed E-state index contributed by atoms with van der Waals surface area (Å²) in [6.45, 7) is 5.72. The van der Waals surface area contributed by atoms with Crippen LogP contribution in [0.15, 0.2) is 23.1 Å². The van der Waals surface area contributed by atoms with Crippen molar-refractivity contribution < 1.29 is 8.42 Å². The zero-order chi connectivity index (χ0) is 14.6. The fraction of sp³-hybridized carbons (Fsp3) is 0.600. The molecule has 0 bridgehead atoms. The molecule has 0 aliphatic carbocycles. The van der Waals surface area contributed by atoms with Crippen molar-refractivity contribution >= 4 is 15.7 Å². The van der Waals surface area contributed by atoms with Crippen molar-refractivity contribution in [3.05, 3.63) is 23.8 Å². The van der Waals surface area contributed by atoms with Gasteiger partial charge in [-0.3, -0.25) is 0 Å². The quantitative estimate of drug-likeness (QED) is 0.794. The van der Waals surface area contributed by atoms with Gasteiger partial charge in [-0.05, 0) is 49.3 Å². The van der Waals surface area contributed by atoms with Gasteiger partial charge < -0.3 is 5.32 Å². The van der Waals surface area contributed by atoms with Crippen LogP contribution in [0.5, 0.6) is 0 Å². The van der Waals surface area contributed by atoms with E-state index < -0.39 is 10.0 Å². The summed E-state index contributed by atoms with van der Waals surface area (Å²) in [5.74, 6) is 0.605. The zero-order valence-electron chi connectivity index (χ0n) is 12.3. The van der Waals surface area contributed by atoms with E-state index in [0.717, 1.165) is 43.5 Å². The predicted octanol–water partition coefficient (Wildman–Crippen LogP) is 2.76. The smallest absolute Gasteiger partial charge is 0.240 e. The first-order valence-electron chi connectivity index (χ1n) is 7.36. The van der Waals surface area contributed by atoms with Crippen LogP contribution in [0.25, 0.3) is 0 Å². The largest absolute Gasteiger partial charge is 0.385 e. The van der Waals surface area contributed by atoms with Crippen LogP contribution in [0.2, 0.25) is 0 Å². The number of nitrogens with one attached hydrogen (secondary N) is 2. The van der Waals surface area contributed by atoms with E-state index in [1.54, 1.807) is 12.1 Å². The molecule has 0 radical (unpaired) electrons. The average molecular weight is 296 g/mol. The van der Waals surface area contributed by atoms with E-state index in [1.165, 1.54) is 0 Å². The molecule has 5 heteroatoms. The molecule has 0 fully saturated rings. The van der Waals surface area contributed by atoms with E-state index in [4.69, 9.17) is 0 Å². The van der Waals surface area contributed by atoms with E-state index in [0.29, 0.717) is 17.4 Å². The summed E-state index contributed by atoms with van der Waals surface area (Å²) in [6.07, 6.45) is 3.72. The second kappa shape index (κ2) is 6.59. The first kappa shape index (κ1) is 15.3. The lowest BCUT2D eigenvalue weighted by molar-refractivity contribution is 0.539. The molecule has 4 nitrogen and oxygen atoms in total. The molecule has 0 aromatic heterocycles. The molecule has 0 saturated heterocycles. The Bertz CT molecular complexity index is 553. The van der Waals surface area contributed by atoms with Gasteiger partial charge in [0.2, 0.25) is 10.0 Å². The second-order valence-electron chi connectivity index (χ2n) is 5.75. The number of rotatable bonds is 6. The summed E-state index contributed by atoms with van der Waals surface area (Å²) >= 11 is 0. The summed E-state index contributed by atoms with van der Waals surface area (Å²) in [6, 6.07) is 5.46. The highest BCUT2D eigenvalue weighted by atomic mass is 32.2. The van der Waals surface area contributed by atoms with E-state index in [-0.39, 0.29) is 0 Å². The number of hydrogen-bond donors (Lipinski definition) is 2. The van der Waals surface area contributed by atoms with Gasteiger partial charge in [-0.1, -0.05) is 19.9 Å². The van der Waals surface area contributed by atoms with Crippen LogP contribution >= 0.6 is 0 Å². The third kappa shape index (κ3) is 3.73. The van der Waals surface area contributed by atoms with Crippen LogP contribution in [0.4, 0.5) is 5.69 Å². The molecule has 1 aliphatic rings. The highest BCUT2D eigenvalue weighted by Crippen LogP contribution is 2.28. The second-order valence-corrected chi connectivity index (χ2v) is 7.48. The fourth-order valence-corrected chi connectivity index (χ4v) is 3.89. The summed E-state index contributed by atoms with van der Waals surface area (Å²) < 4.78 is 27.5. The first-order valence-corrected chi connectivity index (χ1v) is 8.84. The maximum Gasteiger partial charge on any atom is 0.240 e. The first-order chi connectivity index (χ1) is 9.50. The van der Waals surface area contributed by atoms with E-state index in [2.05, 4.69) is 23.9 Å². The molecule has 1 aromatic rings. The minimum Gasteiger partial charge on any atom is -0.385 e. The standard InChI is InChI=1S/C15H24N2O2S/c1-12(2)6-4-11-17-20(18,19)15-9-3-8-14-13(15)7-5-10-16-14/h3,8-9,12,16-17H,4-7,10-11H2,1-2H3. The van der Waals surface area contributed by atoms with Gasteiger partial charge in [-0.15, -0.1) is 0 Å². The van der Waals surface area contributed by atoms with Gasteiger partial charge in [0.25, 0.3) is 0 Å². The van der Waals surface area contributed by atoms with Crippen molar-refractivity contribution in [3.63, 3.8) is 0 Å². The molecule has 1 aromatic carbocycles. The zero-order valence-corrected chi connectivity index (χ0v) is 13.1. The van der Waals surface area contributed by atoms with Crippen LogP contribution in [0, 0.1) is 5.92 Å². The number of sulfonamides is 1. The molecule has 0 atom stereocenters. The summed E-state index contributed by atoms with van der Waals surface area (Å²) in [7, 11) is -3.39. The molecular formula is C15H24N2O2S. The maximum atomic E-state index is 12.4. The van der Waals surface area contributed by atoms with Gasteiger partial charge >= 0.3 is 0 Å². The van der Waals surface area contributed by atoms with Crippen molar-refractivity contribution in [2.75, 3.05) is 18.4 Å². The topological polar surface area (TPSA) is 58.2 Å². The lowest BCUT2D eigenvalue weighted by Crippen LogP contribution is -2.27. The van der Waals surface area contributed by atoms with Crippen LogP contribution in [-0.4, -0.2) is 21.5 Å². The molecule has 20 heavy (non-hydrogen) atoms. The Hall–Kier alpha value is -1.07. The highest BCUT2D eigenvalue weighted by Gasteiger charge is 2.21. The van der Waals surface area contributed by atoms with Crippen molar-refractivity contribution in [3.8, 4) is 0 Å². The predicted molar refractivity (Wildman–Crippen MR) is 82.5 cm³/mol. The minimum absolute atomic E-state index is 0.437. The van der Waals surface area contributed by atoms with Gasteiger partial charge in [0.1, 0.15) is 0 Å². The Morgan fingerprint density at radius 1 is 1.35 bits per heavy atom. The number of benzene rings is 1. The van der Waals surface area contributed by atoms with Crippen LogP contribution in [-0.2, 0) is 16.4 Å². The van der Waals surface area contributed by atoms with Gasteiger partial charge in [0.15, 0.2) is 0 Å². The molecule has 0 saturated carbocycles. The van der Waals surface area contributed by atoms with Crippen LogP contribution in [0.1, 0.15) is 38.7 Å². The number of fused-ring (bicyclic) bond motifs is 1. The van der Waals surface area contributed by atoms with E-state index in [9.17, 15) is 8.42 Å². The molecule has 0 amide bonds. The minimum atomic E-state index is -3.39. The lowest BCUT2D eigenvalue weighted by atomic mass is 10.0. The van der Waals surface area contributed by atoms with Gasteiger partial charge in [0, 0.05) is 18.8 Å². The summed E-state index contributed by atoms with van der Waals surface area (Å²) in [5.41, 5.74) is 1.89. The number of hydrogen-bond acceptors (Lipinski definition) is 3. The Labute approximate surface area is 122 Å². The molecular weight excluding hydrogens is 272 g/mol. The van der Waals surface area contributed by atoms with Crippen LogP contribution < -0.4 is 10.0 Å².